The Balaban J connectivity index is 3.01. The minimum atomic E-state index is -0.0457. The molecule has 0 spiro atoms. The number of aromatic nitrogens is 1. The Hall–Kier alpha value is -1.35. The lowest BCUT2D eigenvalue weighted by atomic mass is 10.0. The Kier molecular flexibility index (Phi) is 2.49. The zero-order valence-corrected chi connectivity index (χ0v) is 9.91. The molecule has 3 heteroatoms. The maximum Gasteiger partial charge on any atom is 0.268 e. The van der Waals surface area contributed by atoms with Gasteiger partial charge < -0.3 is 0 Å². The van der Waals surface area contributed by atoms with Crippen LogP contribution in [0.5, 0.6) is 0 Å². The van der Waals surface area contributed by atoms with Crippen molar-refractivity contribution in [2.45, 2.75) is 6.92 Å². The Bertz CT molecular complexity index is 598. The molecule has 0 aliphatic heterocycles. The average molecular weight is 264 g/mol. The largest absolute Gasteiger partial charge is 0.268 e. The number of halogens is 1. The zero-order chi connectivity index (χ0) is 11.0. The van der Waals surface area contributed by atoms with E-state index in [1.54, 1.807) is 6.20 Å². The van der Waals surface area contributed by atoms with Crippen LogP contribution in [0.15, 0.2) is 41.8 Å². The summed E-state index contributed by atoms with van der Waals surface area (Å²) in [6.45, 7) is 5.84. The van der Waals surface area contributed by atoms with E-state index in [9.17, 15) is 4.79 Å². The van der Waals surface area contributed by atoms with E-state index in [0.29, 0.717) is 5.39 Å². The molecular formula is C12H10BrNO. The van der Waals surface area contributed by atoms with Crippen LogP contribution >= 0.6 is 16.1 Å². The highest BCUT2D eigenvalue weighted by atomic mass is 79.9. The molecule has 15 heavy (non-hydrogen) atoms. The van der Waals surface area contributed by atoms with E-state index < -0.39 is 0 Å². The van der Waals surface area contributed by atoms with Crippen LogP contribution in [0.3, 0.4) is 0 Å². The number of hydrogen-bond acceptors (Lipinski definition) is 1. The van der Waals surface area contributed by atoms with Crippen LogP contribution in [0.25, 0.3) is 16.3 Å². The van der Waals surface area contributed by atoms with Crippen molar-refractivity contribution >= 4 is 32.5 Å². The summed E-state index contributed by atoms with van der Waals surface area (Å²) < 4.78 is 1.42. The first kappa shape index (κ1) is 10.2. The molecule has 0 amide bonds. The lowest BCUT2D eigenvalue weighted by molar-refractivity contribution is 1.19. The van der Waals surface area contributed by atoms with Crippen molar-refractivity contribution in [1.82, 2.24) is 3.59 Å². The molecule has 0 aliphatic rings. The van der Waals surface area contributed by atoms with Crippen LogP contribution in [-0.4, -0.2) is 3.59 Å². The van der Waals surface area contributed by atoms with Gasteiger partial charge in [0.1, 0.15) is 0 Å². The summed E-state index contributed by atoms with van der Waals surface area (Å²) in [5.41, 5.74) is 1.89. The average Bonchev–Trinajstić information content (AvgIpc) is 2.23. The Morgan fingerprint density at radius 1 is 1.33 bits per heavy atom. The number of benzene rings is 1. The van der Waals surface area contributed by atoms with Gasteiger partial charge in [-0.2, -0.15) is 0 Å². The molecule has 0 radical (unpaired) electrons. The fourth-order valence-electron chi connectivity index (χ4n) is 1.60. The Morgan fingerprint density at radius 3 is 2.53 bits per heavy atom. The molecular weight excluding hydrogens is 254 g/mol. The molecule has 0 aliphatic carbocycles. The molecule has 0 fully saturated rings. The van der Waals surface area contributed by atoms with Crippen molar-refractivity contribution in [2.75, 3.05) is 0 Å². The number of allylic oxidation sites excluding steroid dienone is 1. The summed E-state index contributed by atoms with van der Waals surface area (Å²) in [7, 11) is 0. The highest BCUT2D eigenvalue weighted by Gasteiger charge is 2.06. The van der Waals surface area contributed by atoms with Gasteiger partial charge in [-0.3, -0.25) is 4.79 Å². The van der Waals surface area contributed by atoms with Crippen molar-refractivity contribution in [3.63, 3.8) is 0 Å². The Labute approximate surface area is 96.2 Å². The van der Waals surface area contributed by atoms with Gasteiger partial charge in [0, 0.05) is 17.1 Å². The van der Waals surface area contributed by atoms with Crippen LogP contribution in [0, 0.1) is 0 Å². The van der Waals surface area contributed by atoms with Gasteiger partial charge in [0.25, 0.3) is 5.56 Å². The minimum absolute atomic E-state index is 0.0457. The summed E-state index contributed by atoms with van der Waals surface area (Å²) >= 11 is 3.20. The highest BCUT2D eigenvalue weighted by Crippen LogP contribution is 2.21. The molecule has 0 saturated heterocycles. The third-order valence-corrected chi connectivity index (χ3v) is 2.87. The third-order valence-electron chi connectivity index (χ3n) is 2.34. The maximum absolute atomic E-state index is 11.8. The van der Waals surface area contributed by atoms with Gasteiger partial charge in [0.2, 0.25) is 0 Å². The van der Waals surface area contributed by atoms with Crippen LogP contribution in [-0.2, 0) is 0 Å². The van der Waals surface area contributed by atoms with Crippen molar-refractivity contribution in [3.05, 3.63) is 53.0 Å². The van der Waals surface area contributed by atoms with Gasteiger partial charge in [-0.15, -0.1) is 0 Å². The molecule has 2 aromatic rings. The van der Waals surface area contributed by atoms with Crippen molar-refractivity contribution in [1.29, 1.82) is 0 Å². The monoisotopic (exact) mass is 263 g/mol. The van der Waals surface area contributed by atoms with Gasteiger partial charge in [0.15, 0.2) is 0 Å². The fourth-order valence-corrected chi connectivity index (χ4v) is 2.00. The predicted octanol–water partition coefficient (Wildman–Crippen LogP) is 3.19. The first-order valence-corrected chi connectivity index (χ1v) is 5.28. The maximum atomic E-state index is 11.8. The lowest BCUT2D eigenvalue weighted by Crippen LogP contribution is -2.12. The molecule has 0 unspecified atom stereocenters. The van der Waals surface area contributed by atoms with Gasteiger partial charge in [-0.25, -0.2) is 3.59 Å². The second kappa shape index (κ2) is 3.66. The highest BCUT2D eigenvalue weighted by molar-refractivity contribution is 9.08. The Morgan fingerprint density at radius 2 is 1.93 bits per heavy atom. The van der Waals surface area contributed by atoms with E-state index in [-0.39, 0.29) is 5.56 Å². The molecule has 0 saturated carbocycles. The topological polar surface area (TPSA) is 22.0 Å². The van der Waals surface area contributed by atoms with E-state index >= 15 is 0 Å². The van der Waals surface area contributed by atoms with Crippen molar-refractivity contribution < 1.29 is 0 Å². The molecule has 1 aromatic heterocycles. The normalized spacial score (nSPS) is 10.5. The number of fused-ring (bicyclic) bond motifs is 1. The SMILES string of the molecule is C=C(C)c1cn(Br)c(=O)c2ccccc12. The second-order valence-electron chi connectivity index (χ2n) is 3.49. The van der Waals surface area contributed by atoms with Crippen LogP contribution < -0.4 is 5.56 Å². The van der Waals surface area contributed by atoms with Gasteiger partial charge in [0.05, 0.1) is 16.1 Å². The molecule has 1 aromatic carbocycles. The summed E-state index contributed by atoms with van der Waals surface area (Å²) in [5.74, 6) is 0. The number of hydrogen-bond donors (Lipinski definition) is 0. The molecule has 1 heterocycles. The fraction of sp³-hybridized carbons (Fsp3) is 0.0833. The van der Waals surface area contributed by atoms with Gasteiger partial charge in [-0.05, 0) is 23.9 Å². The van der Waals surface area contributed by atoms with Crippen molar-refractivity contribution in [3.8, 4) is 0 Å². The standard InChI is InChI=1S/C12H10BrNO/c1-8(2)11-7-14(13)12(15)10-6-4-3-5-9(10)11/h3-7H,1H2,2H3. The molecule has 2 nitrogen and oxygen atoms in total. The van der Waals surface area contributed by atoms with Crippen LogP contribution in [0.4, 0.5) is 0 Å². The van der Waals surface area contributed by atoms with E-state index in [2.05, 4.69) is 22.7 Å². The van der Waals surface area contributed by atoms with Crippen molar-refractivity contribution in [2.24, 2.45) is 0 Å². The summed E-state index contributed by atoms with van der Waals surface area (Å²) in [6.07, 6.45) is 1.76. The van der Waals surface area contributed by atoms with Crippen LogP contribution in [0.1, 0.15) is 12.5 Å². The number of rotatable bonds is 1. The smallest absolute Gasteiger partial charge is 0.268 e. The molecule has 0 bridgehead atoms. The van der Waals surface area contributed by atoms with Gasteiger partial charge >= 0.3 is 0 Å². The molecule has 0 N–H and O–H groups in total. The third kappa shape index (κ3) is 1.63. The van der Waals surface area contributed by atoms with E-state index in [4.69, 9.17) is 0 Å². The van der Waals surface area contributed by atoms with E-state index in [0.717, 1.165) is 16.5 Å². The predicted molar refractivity (Wildman–Crippen MR) is 67.2 cm³/mol. The zero-order valence-electron chi connectivity index (χ0n) is 8.33. The van der Waals surface area contributed by atoms with E-state index in [1.807, 2.05) is 31.2 Å². The summed E-state index contributed by atoms with van der Waals surface area (Å²) in [5, 5.41) is 1.65. The quantitative estimate of drug-likeness (QED) is 0.775. The van der Waals surface area contributed by atoms with Crippen LogP contribution in [0.2, 0.25) is 0 Å². The second-order valence-corrected chi connectivity index (χ2v) is 4.25. The minimum Gasteiger partial charge on any atom is -0.268 e. The first-order valence-electron chi connectivity index (χ1n) is 4.57. The first-order chi connectivity index (χ1) is 7.11. The lowest BCUT2D eigenvalue weighted by Gasteiger charge is -2.07. The molecule has 76 valence electrons. The summed E-state index contributed by atoms with van der Waals surface area (Å²) in [6, 6.07) is 7.54. The molecule has 2 rings (SSSR count). The van der Waals surface area contributed by atoms with E-state index in [1.165, 1.54) is 3.59 Å². The number of nitrogens with zero attached hydrogens (tertiary/aromatic N) is 1. The molecule has 0 atom stereocenters. The number of pyridine rings is 1. The summed E-state index contributed by atoms with van der Waals surface area (Å²) in [4.78, 5) is 11.8. The van der Waals surface area contributed by atoms with Gasteiger partial charge in [-0.1, -0.05) is 24.8 Å².